The quantitative estimate of drug-likeness (QED) is 0.531. The highest BCUT2D eigenvalue weighted by molar-refractivity contribution is 5.53. The minimum Gasteiger partial charge on any atom is -0.345 e. The molecule has 0 bridgehead atoms. The SMILES string of the molecule is C#C/C=C\C(=C/C)N(C)c1ccccc1. The van der Waals surface area contributed by atoms with E-state index in [2.05, 4.69) is 23.0 Å². The van der Waals surface area contributed by atoms with Crippen molar-refractivity contribution in [2.45, 2.75) is 6.92 Å². The second-order valence-electron chi connectivity index (χ2n) is 3.11. The molecule has 0 aliphatic rings. The fraction of sp³-hybridized carbons (Fsp3) is 0.143. The molecule has 1 heteroatoms. The Labute approximate surface area is 91.7 Å². The fourth-order valence-electron chi connectivity index (χ4n) is 1.34. The Hall–Kier alpha value is -1.94. The third kappa shape index (κ3) is 3.03. The van der Waals surface area contributed by atoms with E-state index in [0.29, 0.717) is 0 Å². The van der Waals surface area contributed by atoms with Crippen LogP contribution in [-0.2, 0) is 0 Å². The molecule has 1 aromatic rings. The summed E-state index contributed by atoms with van der Waals surface area (Å²) in [4.78, 5) is 2.09. The van der Waals surface area contributed by atoms with Crippen LogP contribution >= 0.6 is 0 Å². The predicted molar refractivity (Wildman–Crippen MR) is 66.6 cm³/mol. The van der Waals surface area contributed by atoms with Crippen molar-refractivity contribution in [2.24, 2.45) is 0 Å². The second-order valence-corrected chi connectivity index (χ2v) is 3.11. The molecule has 0 heterocycles. The Morgan fingerprint density at radius 2 is 2.00 bits per heavy atom. The Kier molecular flexibility index (Phi) is 4.25. The maximum Gasteiger partial charge on any atom is 0.0407 e. The number of anilines is 1. The summed E-state index contributed by atoms with van der Waals surface area (Å²) in [5.74, 6) is 2.49. The molecule has 0 saturated heterocycles. The smallest absolute Gasteiger partial charge is 0.0407 e. The van der Waals surface area contributed by atoms with Crippen molar-refractivity contribution >= 4 is 5.69 Å². The van der Waals surface area contributed by atoms with Crippen molar-refractivity contribution in [1.29, 1.82) is 0 Å². The molecule has 0 unspecified atom stereocenters. The van der Waals surface area contributed by atoms with Gasteiger partial charge in [-0.15, -0.1) is 6.42 Å². The zero-order valence-corrected chi connectivity index (χ0v) is 9.14. The summed E-state index contributed by atoms with van der Waals surface area (Å²) >= 11 is 0. The molecule has 0 fully saturated rings. The van der Waals surface area contributed by atoms with Gasteiger partial charge in [-0.05, 0) is 31.2 Å². The number of rotatable bonds is 3. The Morgan fingerprint density at radius 1 is 1.33 bits per heavy atom. The minimum atomic E-state index is 1.08. The first-order valence-electron chi connectivity index (χ1n) is 4.87. The molecule has 0 amide bonds. The van der Waals surface area contributed by atoms with E-state index >= 15 is 0 Å². The van der Waals surface area contributed by atoms with E-state index in [1.165, 1.54) is 0 Å². The molecule has 0 N–H and O–H groups in total. The highest BCUT2D eigenvalue weighted by Gasteiger charge is 2.01. The van der Waals surface area contributed by atoms with Crippen molar-refractivity contribution < 1.29 is 0 Å². The number of allylic oxidation sites excluding steroid dienone is 3. The molecule has 0 atom stereocenters. The van der Waals surface area contributed by atoms with E-state index in [4.69, 9.17) is 6.42 Å². The van der Waals surface area contributed by atoms with Crippen molar-refractivity contribution in [2.75, 3.05) is 11.9 Å². The van der Waals surface area contributed by atoms with Crippen molar-refractivity contribution in [3.05, 3.63) is 54.3 Å². The topological polar surface area (TPSA) is 3.24 Å². The van der Waals surface area contributed by atoms with Crippen molar-refractivity contribution in [3.63, 3.8) is 0 Å². The third-order valence-corrected chi connectivity index (χ3v) is 2.18. The Balaban J connectivity index is 2.89. The lowest BCUT2D eigenvalue weighted by Gasteiger charge is -2.20. The van der Waals surface area contributed by atoms with Crippen molar-refractivity contribution in [3.8, 4) is 12.3 Å². The van der Waals surface area contributed by atoms with E-state index in [9.17, 15) is 0 Å². The van der Waals surface area contributed by atoms with Crippen LogP contribution in [0.4, 0.5) is 5.69 Å². The van der Waals surface area contributed by atoms with Gasteiger partial charge in [0, 0.05) is 18.4 Å². The van der Waals surface area contributed by atoms with Gasteiger partial charge in [0.2, 0.25) is 0 Å². The molecular formula is C14H15N. The molecule has 0 radical (unpaired) electrons. The van der Waals surface area contributed by atoms with Gasteiger partial charge in [-0.3, -0.25) is 0 Å². The Bertz CT molecular complexity index is 393. The van der Waals surface area contributed by atoms with E-state index < -0.39 is 0 Å². The van der Waals surface area contributed by atoms with Gasteiger partial charge in [0.25, 0.3) is 0 Å². The number of terminal acetylenes is 1. The van der Waals surface area contributed by atoms with Crippen LogP contribution in [-0.4, -0.2) is 7.05 Å². The molecule has 0 saturated carbocycles. The lowest BCUT2D eigenvalue weighted by atomic mass is 10.2. The standard InChI is InChI=1S/C14H15N/c1-4-6-10-13(5-2)15(3)14-11-8-7-9-12-14/h1,5-12H,2-3H3/b10-6-,13-5+. The Morgan fingerprint density at radius 3 is 2.53 bits per heavy atom. The zero-order chi connectivity index (χ0) is 11.1. The number of benzene rings is 1. The fourth-order valence-corrected chi connectivity index (χ4v) is 1.34. The molecule has 1 rings (SSSR count). The van der Waals surface area contributed by atoms with Gasteiger partial charge < -0.3 is 4.90 Å². The largest absolute Gasteiger partial charge is 0.345 e. The summed E-state index contributed by atoms with van der Waals surface area (Å²) in [6, 6.07) is 10.2. The lowest BCUT2D eigenvalue weighted by molar-refractivity contribution is 1.13. The predicted octanol–water partition coefficient (Wildman–Crippen LogP) is 3.22. The highest BCUT2D eigenvalue weighted by atomic mass is 15.1. The first-order valence-corrected chi connectivity index (χ1v) is 4.87. The molecule has 0 spiro atoms. The second kappa shape index (κ2) is 5.72. The number of nitrogens with zero attached hydrogens (tertiary/aromatic N) is 1. The van der Waals surface area contributed by atoms with Gasteiger partial charge in [-0.25, -0.2) is 0 Å². The summed E-state index contributed by atoms with van der Waals surface area (Å²) in [5.41, 5.74) is 2.23. The average Bonchev–Trinajstić information content (AvgIpc) is 2.31. The maximum absolute atomic E-state index is 5.19. The van der Waals surface area contributed by atoms with Crippen LogP contribution in [0, 0.1) is 12.3 Å². The summed E-state index contributed by atoms with van der Waals surface area (Å²) in [6.07, 6.45) is 10.8. The highest BCUT2D eigenvalue weighted by Crippen LogP contribution is 2.16. The van der Waals surface area contributed by atoms with Crippen LogP contribution < -0.4 is 4.90 Å². The average molecular weight is 197 g/mol. The van der Waals surface area contributed by atoms with Gasteiger partial charge in [0.05, 0.1) is 0 Å². The number of hydrogen-bond acceptors (Lipinski definition) is 1. The summed E-state index contributed by atoms with van der Waals surface area (Å²) in [6.45, 7) is 2.00. The van der Waals surface area contributed by atoms with Crippen molar-refractivity contribution in [1.82, 2.24) is 0 Å². The summed E-state index contributed by atoms with van der Waals surface area (Å²) < 4.78 is 0. The van der Waals surface area contributed by atoms with Crippen LogP contribution in [0.1, 0.15) is 6.92 Å². The van der Waals surface area contributed by atoms with E-state index in [-0.39, 0.29) is 0 Å². The van der Waals surface area contributed by atoms with E-state index in [1.807, 2.05) is 44.3 Å². The molecule has 0 aliphatic heterocycles. The first-order chi connectivity index (χ1) is 7.29. The molecule has 0 aliphatic carbocycles. The summed E-state index contributed by atoms with van der Waals surface area (Å²) in [5, 5.41) is 0. The molecule has 0 aromatic heterocycles. The van der Waals surface area contributed by atoms with Crippen LogP contribution in [0.3, 0.4) is 0 Å². The van der Waals surface area contributed by atoms with Crippen LogP contribution in [0.25, 0.3) is 0 Å². The monoisotopic (exact) mass is 197 g/mol. The molecule has 76 valence electrons. The van der Waals surface area contributed by atoms with E-state index in [1.54, 1.807) is 6.08 Å². The summed E-state index contributed by atoms with van der Waals surface area (Å²) in [7, 11) is 2.02. The third-order valence-electron chi connectivity index (χ3n) is 2.18. The lowest BCUT2D eigenvalue weighted by Crippen LogP contribution is -2.14. The van der Waals surface area contributed by atoms with Gasteiger partial charge >= 0.3 is 0 Å². The van der Waals surface area contributed by atoms with Gasteiger partial charge in [-0.2, -0.15) is 0 Å². The molecule has 1 aromatic carbocycles. The minimum absolute atomic E-state index is 1.08. The van der Waals surface area contributed by atoms with Crippen LogP contribution in [0.15, 0.2) is 54.3 Å². The van der Waals surface area contributed by atoms with Crippen LogP contribution in [0.5, 0.6) is 0 Å². The first kappa shape index (κ1) is 11.1. The molecule has 1 nitrogen and oxygen atoms in total. The van der Waals surface area contributed by atoms with E-state index in [0.717, 1.165) is 11.4 Å². The normalized spacial score (nSPS) is 11.4. The van der Waals surface area contributed by atoms with Gasteiger partial charge in [0.15, 0.2) is 0 Å². The van der Waals surface area contributed by atoms with Gasteiger partial charge in [0.1, 0.15) is 0 Å². The maximum atomic E-state index is 5.19. The number of para-hydroxylation sites is 1. The number of likely N-dealkylation sites (N-methyl/N-ethyl adjacent to an activating group) is 1. The molecule has 15 heavy (non-hydrogen) atoms. The number of hydrogen-bond donors (Lipinski definition) is 0. The zero-order valence-electron chi connectivity index (χ0n) is 9.14. The molecular weight excluding hydrogens is 182 g/mol. The van der Waals surface area contributed by atoms with Gasteiger partial charge in [-0.1, -0.05) is 30.2 Å². The van der Waals surface area contributed by atoms with Crippen LogP contribution in [0.2, 0.25) is 0 Å².